The first-order valence-corrected chi connectivity index (χ1v) is 9.59. The van der Waals surface area contributed by atoms with Crippen LogP contribution in [0.5, 0.6) is 0 Å². The molecular formula is C20H27NO2S. The summed E-state index contributed by atoms with van der Waals surface area (Å²) >= 11 is 0. The van der Waals surface area contributed by atoms with Crippen molar-refractivity contribution in [3.63, 3.8) is 0 Å². The molecule has 0 aliphatic carbocycles. The van der Waals surface area contributed by atoms with Crippen molar-refractivity contribution in [1.82, 2.24) is 4.31 Å². The molecule has 0 heterocycles. The second kappa shape index (κ2) is 6.69. The van der Waals surface area contributed by atoms with Crippen molar-refractivity contribution < 1.29 is 8.42 Å². The Hall–Kier alpha value is -1.65. The smallest absolute Gasteiger partial charge is 0.207 e. The molecule has 0 bridgehead atoms. The summed E-state index contributed by atoms with van der Waals surface area (Å²) in [6.45, 7) is 10.5. The number of aryl methyl sites for hydroxylation is 1. The lowest BCUT2D eigenvalue weighted by molar-refractivity contribution is 0.465. The lowest BCUT2D eigenvalue weighted by Gasteiger charge is -2.24. The molecule has 0 saturated heterocycles. The monoisotopic (exact) mass is 345 g/mol. The quantitative estimate of drug-likeness (QED) is 0.822. The number of nitrogens with zero attached hydrogens (tertiary/aromatic N) is 1. The third kappa shape index (κ3) is 3.87. The number of benzene rings is 2. The highest BCUT2D eigenvalue weighted by molar-refractivity contribution is 7.89. The van der Waals surface area contributed by atoms with E-state index in [1.165, 1.54) is 4.31 Å². The van der Waals surface area contributed by atoms with E-state index in [2.05, 4.69) is 26.8 Å². The van der Waals surface area contributed by atoms with Gasteiger partial charge in [0.2, 0.25) is 10.0 Å². The normalized spacial score (nSPS) is 12.6. The van der Waals surface area contributed by atoms with Gasteiger partial charge in [0.15, 0.2) is 0 Å². The fourth-order valence-corrected chi connectivity index (χ4v) is 4.10. The SMILES string of the molecule is Cc1cc(C(C)(C)C)cc(S(=O)(=O)N(C)Cc2ccccc2)c1C. The van der Waals surface area contributed by atoms with Gasteiger partial charge in [0, 0.05) is 13.6 Å². The van der Waals surface area contributed by atoms with Crippen LogP contribution in [0.1, 0.15) is 43.0 Å². The number of hydrogen-bond acceptors (Lipinski definition) is 2. The Bertz CT molecular complexity index is 819. The van der Waals surface area contributed by atoms with Crippen LogP contribution in [-0.2, 0) is 22.0 Å². The Kier molecular flexibility index (Phi) is 5.21. The summed E-state index contributed by atoms with van der Waals surface area (Å²) in [4.78, 5) is 0.408. The highest BCUT2D eigenvalue weighted by atomic mass is 32.2. The third-order valence-electron chi connectivity index (χ3n) is 4.42. The molecule has 2 rings (SSSR count). The van der Waals surface area contributed by atoms with Gasteiger partial charge in [0.1, 0.15) is 0 Å². The topological polar surface area (TPSA) is 37.4 Å². The van der Waals surface area contributed by atoms with Gasteiger partial charge in [-0.2, -0.15) is 4.31 Å². The van der Waals surface area contributed by atoms with E-state index in [-0.39, 0.29) is 5.41 Å². The van der Waals surface area contributed by atoms with Crippen molar-refractivity contribution in [2.45, 2.75) is 51.5 Å². The maximum atomic E-state index is 13.1. The molecule has 0 aliphatic rings. The lowest BCUT2D eigenvalue weighted by atomic mass is 9.85. The molecule has 4 heteroatoms. The second-order valence-corrected chi connectivity index (χ2v) is 9.43. The molecule has 0 atom stereocenters. The third-order valence-corrected chi connectivity index (χ3v) is 6.35. The van der Waals surface area contributed by atoms with Crippen LogP contribution in [-0.4, -0.2) is 19.8 Å². The molecule has 0 radical (unpaired) electrons. The number of hydrogen-bond donors (Lipinski definition) is 0. The zero-order valence-corrected chi connectivity index (χ0v) is 16.2. The highest BCUT2D eigenvalue weighted by Gasteiger charge is 2.26. The van der Waals surface area contributed by atoms with E-state index in [1.807, 2.05) is 50.2 Å². The highest BCUT2D eigenvalue weighted by Crippen LogP contribution is 2.30. The van der Waals surface area contributed by atoms with Crippen LogP contribution in [0.15, 0.2) is 47.4 Å². The van der Waals surface area contributed by atoms with E-state index in [0.717, 1.165) is 22.3 Å². The molecule has 0 spiro atoms. The first-order chi connectivity index (χ1) is 11.0. The van der Waals surface area contributed by atoms with E-state index in [0.29, 0.717) is 11.4 Å². The van der Waals surface area contributed by atoms with E-state index in [4.69, 9.17) is 0 Å². The average Bonchev–Trinajstić information content (AvgIpc) is 2.49. The van der Waals surface area contributed by atoms with Gasteiger partial charge in [-0.1, -0.05) is 57.2 Å². The summed E-state index contributed by atoms with van der Waals surface area (Å²) in [6, 6.07) is 13.6. The largest absolute Gasteiger partial charge is 0.243 e. The van der Waals surface area contributed by atoms with Gasteiger partial charge in [-0.05, 0) is 47.6 Å². The van der Waals surface area contributed by atoms with Crippen molar-refractivity contribution in [2.75, 3.05) is 7.05 Å². The first kappa shape index (κ1) is 18.7. The van der Waals surface area contributed by atoms with Gasteiger partial charge in [-0.25, -0.2) is 8.42 Å². The molecule has 130 valence electrons. The van der Waals surface area contributed by atoms with Gasteiger partial charge in [-0.3, -0.25) is 0 Å². The van der Waals surface area contributed by atoms with Gasteiger partial charge in [0.25, 0.3) is 0 Å². The van der Waals surface area contributed by atoms with Crippen LogP contribution in [0.3, 0.4) is 0 Å². The average molecular weight is 346 g/mol. The second-order valence-electron chi connectivity index (χ2n) is 7.41. The van der Waals surface area contributed by atoms with E-state index >= 15 is 0 Å². The Morgan fingerprint density at radius 3 is 2.12 bits per heavy atom. The van der Waals surface area contributed by atoms with Crippen LogP contribution in [0.25, 0.3) is 0 Å². The molecule has 0 fully saturated rings. The molecule has 0 amide bonds. The molecule has 3 nitrogen and oxygen atoms in total. The standard InChI is InChI=1S/C20H27NO2S/c1-15-12-18(20(3,4)5)13-19(16(15)2)24(22,23)21(6)14-17-10-8-7-9-11-17/h7-13H,14H2,1-6H3. The summed E-state index contributed by atoms with van der Waals surface area (Å²) in [7, 11) is -1.90. The van der Waals surface area contributed by atoms with Crippen LogP contribution in [0, 0.1) is 13.8 Å². The van der Waals surface area contributed by atoms with Gasteiger partial charge in [-0.15, -0.1) is 0 Å². The Morgan fingerprint density at radius 1 is 1.00 bits per heavy atom. The number of rotatable bonds is 4. The van der Waals surface area contributed by atoms with Crippen LogP contribution in [0.4, 0.5) is 0 Å². The lowest BCUT2D eigenvalue weighted by Crippen LogP contribution is -2.28. The predicted molar refractivity (Wildman–Crippen MR) is 99.7 cm³/mol. The summed E-state index contributed by atoms with van der Waals surface area (Å²) in [5.74, 6) is 0. The van der Waals surface area contributed by atoms with E-state index in [9.17, 15) is 8.42 Å². The minimum Gasteiger partial charge on any atom is -0.207 e. The number of sulfonamides is 1. The Morgan fingerprint density at radius 2 is 1.58 bits per heavy atom. The summed E-state index contributed by atoms with van der Waals surface area (Å²) in [5.41, 5.74) is 3.75. The first-order valence-electron chi connectivity index (χ1n) is 8.15. The zero-order valence-electron chi connectivity index (χ0n) is 15.4. The molecule has 0 unspecified atom stereocenters. The van der Waals surface area contributed by atoms with Gasteiger partial charge in [0.05, 0.1) is 4.90 Å². The Balaban J connectivity index is 2.47. The van der Waals surface area contributed by atoms with Crippen molar-refractivity contribution >= 4 is 10.0 Å². The molecule has 0 N–H and O–H groups in total. The van der Waals surface area contributed by atoms with Crippen molar-refractivity contribution in [1.29, 1.82) is 0 Å². The van der Waals surface area contributed by atoms with E-state index < -0.39 is 10.0 Å². The Labute approximate surface area is 146 Å². The van der Waals surface area contributed by atoms with Crippen LogP contribution in [0.2, 0.25) is 0 Å². The molecular weight excluding hydrogens is 318 g/mol. The summed E-state index contributed by atoms with van der Waals surface area (Å²) < 4.78 is 27.7. The van der Waals surface area contributed by atoms with Gasteiger partial charge >= 0.3 is 0 Å². The molecule has 2 aromatic carbocycles. The fourth-order valence-electron chi connectivity index (χ4n) is 2.62. The minimum absolute atomic E-state index is 0.0965. The molecule has 2 aromatic rings. The van der Waals surface area contributed by atoms with Gasteiger partial charge < -0.3 is 0 Å². The van der Waals surface area contributed by atoms with Crippen molar-refractivity contribution in [3.8, 4) is 0 Å². The van der Waals surface area contributed by atoms with Crippen LogP contribution >= 0.6 is 0 Å². The minimum atomic E-state index is -3.54. The maximum Gasteiger partial charge on any atom is 0.243 e. The summed E-state index contributed by atoms with van der Waals surface area (Å²) in [6.07, 6.45) is 0. The molecule has 0 saturated carbocycles. The predicted octanol–water partition coefficient (Wildman–Crippen LogP) is 4.42. The van der Waals surface area contributed by atoms with E-state index in [1.54, 1.807) is 7.05 Å². The maximum absolute atomic E-state index is 13.1. The molecule has 0 aromatic heterocycles. The summed E-state index contributed by atoms with van der Waals surface area (Å²) in [5, 5.41) is 0. The fraction of sp³-hybridized carbons (Fsp3) is 0.400. The zero-order chi connectivity index (χ0) is 18.1. The van der Waals surface area contributed by atoms with Crippen molar-refractivity contribution in [3.05, 3.63) is 64.7 Å². The molecule has 0 aliphatic heterocycles. The molecule has 24 heavy (non-hydrogen) atoms. The van der Waals surface area contributed by atoms with Crippen LogP contribution < -0.4 is 0 Å². The van der Waals surface area contributed by atoms with Crippen molar-refractivity contribution in [2.24, 2.45) is 0 Å².